The highest BCUT2D eigenvalue weighted by Gasteiger charge is 2.29. The van der Waals surface area contributed by atoms with Gasteiger partial charge in [0, 0.05) is 5.02 Å². The molecule has 0 aliphatic heterocycles. The molecule has 1 aromatic carbocycles. The Morgan fingerprint density at radius 3 is 2.83 bits per heavy atom. The standard InChI is InChI=1S/C11H13Cl/c1-11(2)6-5-8-7-9(12)3-4-10(8)11/h3-4,7H,5-6H2,1-2H3. The zero-order chi connectivity index (χ0) is 8.77. The normalized spacial score (nSPS) is 19.2. The summed E-state index contributed by atoms with van der Waals surface area (Å²) < 4.78 is 0. The van der Waals surface area contributed by atoms with Crippen molar-refractivity contribution in [3.05, 3.63) is 34.3 Å². The van der Waals surface area contributed by atoms with Crippen molar-refractivity contribution in [1.29, 1.82) is 0 Å². The van der Waals surface area contributed by atoms with E-state index in [1.165, 1.54) is 24.0 Å². The molecular weight excluding hydrogens is 168 g/mol. The molecule has 1 aliphatic carbocycles. The van der Waals surface area contributed by atoms with Crippen molar-refractivity contribution < 1.29 is 0 Å². The Bertz CT molecular complexity index is 313. The van der Waals surface area contributed by atoms with Crippen LogP contribution in [-0.4, -0.2) is 0 Å². The van der Waals surface area contributed by atoms with E-state index in [0.29, 0.717) is 5.41 Å². The molecule has 0 amide bonds. The molecule has 0 nitrogen and oxygen atoms in total. The Hall–Kier alpha value is -0.490. The topological polar surface area (TPSA) is 0 Å². The average Bonchev–Trinajstić information content (AvgIpc) is 2.27. The van der Waals surface area contributed by atoms with Gasteiger partial charge in [-0.25, -0.2) is 0 Å². The predicted molar refractivity (Wildman–Crippen MR) is 52.8 cm³/mol. The minimum Gasteiger partial charge on any atom is -0.0843 e. The molecule has 0 bridgehead atoms. The average molecular weight is 181 g/mol. The summed E-state index contributed by atoms with van der Waals surface area (Å²) in [5.74, 6) is 0. The molecule has 0 unspecified atom stereocenters. The summed E-state index contributed by atoms with van der Waals surface area (Å²) in [5.41, 5.74) is 3.28. The molecular formula is C11H13Cl. The Kier molecular flexibility index (Phi) is 1.69. The van der Waals surface area contributed by atoms with E-state index in [2.05, 4.69) is 26.0 Å². The van der Waals surface area contributed by atoms with Crippen LogP contribution in [0.25, 0.3) is 0 Å². The lowest BCUT2D eigenvalue weighted by atomic mass is 9.87. The third kappa shape index (κ3) is 1.15. The molecule has 0 fully saturated rings. The Labute approximate surface area is 78.6 Å². The van der Waals surface area contributed by atoms with Gasteiger partial charge in [0.2, 0.25) is 0 Å². The van der Waals surface area contributed by atoms with Crippen molar-refractivity contribution in [2.75, 3.05) is 0 Å². The van der Waals surface area contributed by atoms with Crippen molar-refractivity contribution in [3.8, 4) is 0 Å². The van der Waals surface area contributed by atoms with Gasteiger partial charge in [0.15, 0.2) is 0 Å². The minimum atomic E-state index is 0.361. The van der Waals surface area contributed by atoms with Gasteiger partial charge in [0.25, 0.3) is 0 Å². The second-order valence-corrected chi connectivity index (χ2v) is 4.62. The van der Waals surface area contributed by atoms with Gasteiger partial charge < -0.3 is 0 Å². The fourth-order valence-corrected chi connectivity index (χ4v) is 2.21. The van der Waals surface area contributed by atoms with Crippen LogP contribution in [0, 0.1) is 0 Å². The molecule has 0 N–H and O–H groups in total. The smallest absolute Gasteiger partial charge is 0.0408 e. The van der Waals surface area contributed by atoms with E-state index in [9.17, 15) is 0 Å². The van der Waals surface area contributed by atoms with Crippen molar-refractivity contribution in [2.24, 2.45) is 0 Å². The largest absolute Gasteiger partial charge is 0.0843 e. The lowest BCUT2D eigenvalue weighted by molar-refractivity contribution is 0.522. The first-order valence-electron chi connectivity index (χ1n) is 4.38. The molecule has 1 heteroatoms. The number of fused-ring (bicyclic) bond motifs is 1. The van der Waals surface area contributed by atoms with Crippen molar-refractivity contribution in [3.63, 3.8) is 0 Å². The molecule has 0 atom stereocenters. The first-order chi connectivity index (χ1) is 5.59. The van der Waals surface area contributed by atoms with Gasteiger partial charge in [-0.15, -0.1) is 0 Å². The van der Waals surface area contributed by atoms with Crippen molar-refractivity contribution in [2.45, 2.75) is 32.1 Å². The van der Waals surface area contributed by atoms with Gasteiger partial charge in [-0.05, 0) is 41.5 Å². The van der Waals surface area contributed by atoms with Gasteiger partial charge in [-0.1, -0.05) is 31.5 Å². The van der Waals surface area contributed by atoms with Crippen molar-refractivity contribution >= 4 is 11.6 Å². The first-order valence-corrected chi connectivity index (χ1v) is 4.76. The third-order valence-corrected chi connectivity index (χ3v) is 3.05. The summed E-state index contributed by atoms with van der Waals surface area (Å²) in [6.45, 7) is 4.60. The van der Waals surface area contributed by atoms with Gasteiger partial charge in [-0.2, -0.15) is 0 Å². The van der Waals surface area contributed by atoms with Gasteiger partial charge in [0.05, 0.1) is 0 Å². The highest BCUT2D eigenvalue weighted by molar-refractivity contribution is 6.30. The lowest BCUT2D eigenvalue weighted by Gasteiger charge is -2.18. The SMILES string of the molecule is CC1(C)CCc2cc(Cl)ccc21. The Morgan fingerprint density at radius 1 is 1.33 bits per heavy atom. The molecule has 1 aromatic rings. The minimum absolute atomic E-state index is 0.361. The summed E-state index contributed by atoms with van der Waals surface area (Å²) in [6, 6.07) is 6.27. The summed E-state index contributed by atoms with van der Waals surface area (Å²) >= 11 is 5.92. The van der Waals surface area contributed by atoms with Crippen LogP contribution in [-0.2, 0) is 11.8 Å². The van der Waals surface area contributed by atoms with E-state index in [1.54, 1.807) is 0 Å². The number of hydrogen-bond donors (Lipinski definition) is 0. The molecule has 1 aliphatic rings. The molecule has 12 heavy (non-hydrogen) atoms. The molecule has 0 aromatic heterocycles. The summed E-state index contributed by atoms with van der Waals surface area (Å²) in [6.07, 6.45) is 2.44. The number of rotatable bonds is 0. The maximum absolute atomic E-state index is 5.92. The quantitative estimate of drug-likeness (QED) is 0.573. The highest BCUT2D eigenvalue weighted by atomic mass is 35.5. The molecule has 0 spiro atoms. The van der Waals surface area contributed by atoms with Gasteiger partial charge in [-0.3, -0.25) is 0 Å². The Balaban J connectivity index is 2.55. The highest BCUT2D eigenvalue weighted by Crippen LogP contribution is 2.38. The number of hydrogen-bond acceptors (Lipinski definition) is 0. The van der Waals surface area contributed by atoms with E-state index >= 15 is 0 Å². The van der Waals surface area contributed by atoms with E-state index in [0.717, 1.165) is 5.02 Å². The lowest BCUT2D eigenvalue weighted by Crippen LogP contribution is -2.11. The molecule has 0 radical (unpaired) electrons. The molecule has 0 saturated heterocycles. The summed E-state index contributed by atoms with van der Waals surface area (Å²) in [5, 5.41) is 0.867. The fraction of sp³-hybridized carbons (Fsp3) is 0.455. The zero-order valence-corrected chi connectivity index (χ0v) is 8.28. The van der Waals surface area contributed by atoms with E-state index in [1.807, 2.05) is 6.07 Å². The van der Waals surface area contributed by atoms with Crippen LogP contribution >= 0.6 is 11.6 Å². The van der Waals surface area contributed by atoms with E-state index in [-0.39, 0.29) is 0 Å². The van der Waals surface area contributed by atoms with Gasteiger partial charge in [0.1, 0.15) is 0 Å². The maximum Gasteiger partial charge on any atom is 0.0408 e. The fourth-order valence-electron chi connectivity index (χ4n) is 2.01. The maximum atomic E-state index is 5.92. The number of halogens is 1. The second kappa shape index (κ2) is 2.50. The zero-order valence-electron chi connectivity index (χ0n) is 7.52. The van der Waals surface area contributed by atoms with Gasteiger partial charge >= 0.3 is 0 Å². The van der Waals surface area contributed by atoms with Crippen LogP contribution in [0.2, 0.25) is 5.02 Å². The summed E-state index contributed by atoms with van der Waals surface area (Å²) in [7, 11) is 0. The van der Waals surface area contributed by atoms with Crippen LogP contribution in [0.4, 0.5) is 0 Å². The monoisotopic (exact) mass is 180 g/mol. The van der Waals surface area contributed by atoms with Crippen LogP contribution in [0.1, 0.15) is 31.4 Å². The molecule has 0 heterocycles. The molecule has 2 rings (SSSR count). The summed E-state index contributed by atoms with van der Waals surface area (Å²) in [4.78, 5) is 0. The first kappa shape index (κ1) is 8.12. The van der Waals surface area contributed by atoms with E-state index < -0.39 is 0 Å². The Morgan fingerprint density at radius 2 is 2.08 bits per heavy atom. The predicted octanol–water partition coefficient (Wildman–Crippen LogP) is 3.56. The van der Waals surface area contributed by atoms with Crippen LogP contribution in [0.5, 0.6) is 0 Å². The second-order valence-electron chi connectivity index (χ2n) is 4.19. The van der Waals surface area contributed by atoms with Crippen LogP contribution in [0.3, 0.4) is 0 Å². The van der Waals surface area contributed by atoms with Crippen LogP contribution in [0.15, 0.2) is 18.2 Å². The van der Waals surface area contributed by atoms with Crippen molar-refractivity contribution in [1.82, 2.24) is 0 Å². The molecule has 64 valence electrons. The third-order valence-electron chi connectivity index (χ3n) is 2.82. The van der Waals surface area contributed by atoms with Crippen LogP contribution < -0.4 is 0 Å². The number of aryl methyl sites for hydroxylation is 1. The number of benzene rings is 1. The molecule has 0 saturated carbocycles. The van der Waals surface area contributed by atoms with E-state index in [4.69, 9.17) is 11.6 Å².